The number of benzene rings is 1. The lowest BCUT2D eigenvalue weighted by Gasteiger charge is -2.24. The second kappa shape index (κ2) is 8.99. The van der Waals surface area contributed by atoms with E-state index in [0.29, 0.717) is 18.2 Å². The summed E-state index contributed by atoms with van der Waals surface area (Å²) >= 11 is 0. The van der Waals surface area contributed by atoms with Crippen LogP contribution in [0.2, 0.25) is 0 Å². The molecule has 1 heterocycles. The highest BCUT2D eigenvalue weighted by atomic mass is 16.2. The van der Waals surface area contributed by atoms with E-state index in [-0.39, 0.29) is 17.3 Å². The third-order valence-corrected chi connectivity index (χ3v) is 4.95. The van der Waals surface area contributed by atoms with Gasteiger partial charge in [-0.2, -0.15) is 0 Å². The molecule has 1 atom stereocenters. The first kappa shape index (κ1) is 20.2. The smallest absolute Gasteiger partial charge is 0.304 e. The molecule has 0 fully saturated rings. The Morgan fingerprint density at radius 1 is 1.04 bits per heavy atom. The molecule has 0 saturated carbocycles. The SMILES string of the molecule is CCCCc1ccc([C@@H](NCc2cc(=O)n(C)c(=O)n2C)C(C)C)cc1. The van der Waals surface area contributed by atoms with Gasteiger partial charge in [-0.25, -0.2) is 4.79 Å². The van der Waals surface area contributed by atoms with Crippen molar-refractivity contribution in [1.29, 1.82) is 0 Å². The minimum Gasteiger partial charge on any atom is -0.304 e. The first-order chi connectivity index (χ1) is 12.3. The molecule has 0 aliphatic rings. The molecule has 1 aromatic carbocycles. The number of hydrogen-bond acceptors (Lipinski definition) is 3. The molecule has 2 aromatic rings. The van der Waals surface area contributed by atoms with Crippen LogP contribution < -0.4 is 16.6 Å². The number of rotatable bonds is 8. The van der Waals surface area contributed by atoms with Gasteiger partial charge in [-0.3, -0.25) is 13.9 Å². The average Bonchev–Trinajstić information content (AvgIpc) is 2.63. The zero-order valence-corrected chi connectivity index (χ0v) is 16.6. The molecule has 0 bridgehead atoms. The van der Waals surface area contributed by atoms with Crippen molar-refractivity contribution in [2.24, 2.45) is 20.0 Å². The van der Waals surface area contributed by atoms with Gasteiger partial charge in [-0.15, -0.1) is 0 Å². The van der Waals surface area contributed by atoms with Crippen molar-refractivity contribution in [1.82, 2.24) is 14.5 Å². The lowest BCUT2D eigenvalue weighted by molar-refractivity contribution is 0.403. The van der Waals surface area contributed by atoms with Crippen LogP contribution in [0, 0.1) is 5.92 Å². The maximum atomic E-state index is 12.1. The van der Waals surface area contributed by atoms with Gasteiger partial charge in [0.15, 0.2) is 0 Å². The normalized spacial score (nSPS) is 12.5. The average molecular weight is 357 g/mol. The van der Waals surface area contributed by atoms with Gasteiger partial charge >= 0.3 is 5.69 Å². The van der Waals surface area contributed by atoms with Gasteiger partial charge in [0.1, 0.15) is 0 Å². The van der Waals surface area contributed by atoms with Crippen LogP contribution >= 0.6 is 0 Å². The summed E-state index contributed by atoms with van der Waals surface area (Å²) in [5.41, 5.74) is 2.73. The summed E-state index contributed by atoms with van der Waals surface area (Å²) in [6, 6.07) is 10.5. The third kappa shape index (κ3) is 4.73. The number of aromatic nitrogens is 2. The highest BCUT2D eigenvalue weighted by Gasteiger charge is 2.16. The molecule has 0 saturated heterocycles. The molecule has 142 valence electrons. The Balaban J connectivity index is 2.17. The van der Waals surface area contributed by atoms with Crippen molar-refractivity contribution in [2.75, 3.05) is 0 Å². The molecule has 0 radical (unpaired) electrons. The molecule has 1 N–H and O–H groups in total. The molecule has 0 aliphatic carbocycles. The van der Waals surface area contributed by atoms with Gasteiger partial charge in [-0.1, -0.05) is 51.5 Å². The predicted octanol–water partition coefficient (Wildman–Crippen LogP) is 2.91. The van der Waals surface area contributed by atoms with Gasteiger partial charge in [-0.05, 0) is 29.9 Å². The number of nitrogens with one attached hydrogen (secondary N) is 1. The number of unbranched alkanes of at least 4 members (excludes halogenated alkanes) is 1. The Morgan fingerprint density at radius 2 is 1.69 bits per heavy atom. The first-order valence-corrected chi connectivity index (χ1v) is 9.43. The number of nitrogens with zero attached hydrogens (tertiary/aromatic N) is 2. The monoisotopic (exact) mass is 357 g/mol. The summed E-state index contributed by atoms with van der Waals surface area (Å²) < 4.78 is 2.65. The second-order valence-electron chi connectivity index (χ2n) is 7.32. The summed E-state index contributed by atoms with van der Waals surface area (Å²) in [4.78, 5) is 24.0. The summed E-state index contributed by atoms with van der Waals surface area (Å²) in [5.74, 6) is 0.389. The van der Waals surface area contributed by atoms with Gasteiger partial charge in [0.05, 0.1) is 0 Å². The minimum absolute atomic E-state index is 0.161. The van der Waals surface area contributed by atoms with E-state index in [1.54, 1.807) is 7.05 Å². The van der Waals surface area contributed by atoms with Crippen molar-refractivity contribution < 1.29 is 0 Å². The van der Waals surface area contributed by atoms with E-state index < -0.39 is 0 Å². The van der Waals surface area contributed by atoms with Crippen LogP contribution in [0.15, 0.2) is 39.9 Å². The van der Waals surface area contributed by atoms with E-state index in [4.69, 9.17) is 0 Å². The summed E-state index contributed by atoms with van der Waals surface area (Å²) in [5, 5.41) is 3.52. The standard InChI is InChI=1S/C21H31N3O2/c1-6-7-8-16-9-11-17(12-10-16)20(15(2)3)22-14-18-13-19(25)24(5)21(26)23(18)4/h9-13,15,20,22H,6-8,14H2,1-5H3/t20-/m0/s1. The maximum Gasteiger partial charge on any atom is 0.330 e. The van der Waals surface area contributed by atoms with Crippen LogP contribution in [-0.2, 0) is 27.1 Å². The van der Waals surface area contributed by atoms with Crippen molar-refractivity contribution in [3.63, 3.8) is 0 Å². The first-order valence-electron chi connectivity index (χ1n) is 9.43. The molecule has 2 rings (SSSR count). The Bertz CT molecular complexity index is 832. The van der Waals surface area contributed by atoms with Crippen molar-refractivity contribution >= 4 is 0 Å². The Hall–Kier alpha value is -2.14. The van der Waals surface area contributed by atoms with Crippen LogP contribution in [0.5, 0.6) is 0 Å². The van der Waals surface area contributed by atoms with Crippen molar-refractivity contribution in [3.05, 3.63) is 68.0 Å². The lowest BCUT2D eigenvalue weighted by Crippen LogP contribution is -2.39. The van der Waals surface area contributed by atoms with E-state index in [9.17, 15) is 9.59 Å². The number of aryl methyl sites for hydroxylation is 1. The molecule has 0 unspecified atom stereocenters. The topological polar surface area (TPSA) is 56.0 Å². The Morgan fingerprint density at radius 3 is 2.27 bits per heavy atom. The van der Waals surface area contributed by atoms with Crippen molar-refractivity contribution in [3.8, 4) is 0 Å². The van der Waals surface area contributed by atoms with Crippen LogP contribution in [0.4, 0.5) is 0 Å². The zero-order valence-electron chi connectivity index (χ0n) is 16.6. The van der Waals surface area contributed by atoms with Crippen LogP contribution in [0.25, 0.3) is 0 Å². The molecule has 26 heavy (non-hydrogen) atoms. The maximum absolute atomic E-state index is 12.1. The molecule has 5 heteroatoms. The fraction of sp³-hybridized carbons (Fsp3) is 0.524. The molecule has 0 amide bonds. The zero-order chi connectivity index (χ0) is 19.3. The van der Waals surface area contributed by atoms with Gasteiger partial charge in [0.2, 0.25) is 0 Å². The van der Waals surface area contributed by atoms with E-state index in [1.807, 2.05) is 0 Å². The molecule has 5 nitrogen and oxygen atoms in total. The fourth-order valence-electron chi connectivity index (χ4n) is 3.17. The molecule has 0 aliphatic heterocycles. The second-order valence-corrected chi connectivity index (χ2v) is 7.32. The van der Waals surface area contributed by atoms with Gasteiger partial charge in [0.25, 0.3) is 5.56 Å². The van der Waals surface area contributed by atoms with Gasteiger partial charge < -0.3 is 5.32 Å². The third-order valence-electron chi connectivity index (χ3n) is 4.95. The van der Waals surface area contributed by atoms with E-state index in [0.717, 1.165) is 11.0 Å². The number of hydrogen-bond donors (Lipinski definition) is 1. The summed E-state index contributed by atoms with van der Waals surface area (Å²) in [6.07, 6.45) is 3.53. The van der Waals surface area contributed by atoms with Crippen LogP contribution in [0.3, 0.4) is 0 Å². The van der Waals surface area contributed by atoms with Crippen LogP contribution in [0.1, 0.15) is 56.5 Å². The quantitative estimate of drug-likeness (QED) is 0.790. The lowest BCUT2D eigenvalue weighted by atomic mass is 9.94. The Kier molecular flexibility index (Phi) is 6.98. The summed E-state index contributed by atoms with van der Waals surface area (Å²) in [7, 11) is 3.20. The van der Waals surface area contributed by atoms with E-state index in [1.165, 1.54) is 41.6 Å². The molecular weight excluding hydrogens is 326 g/mol. The molecular formula is C21H31N3O2. The summed E-state index contributed by atoms with van der Waals surface area (Å²) in [6.45, 7) is 7.02. The van der Waals surface area contributed by atoms with E-state index >= 15 is 0 Å². The Labute approximate surface area is 155 Å². The van der Waals surface area contributed by atoms with E-state index in [2.05, 4.69) is 50.4 Å². The van der Waals surface area contributed by atoms with Crippen LogP contribution in [-0.4, -0.2) is 9.13 Å². The highest BCUT2D eigenvalue weighted by Crippen LogP contribution is 2.23. The fourth-order valence-corrected chi connectivity index (χ4v) is 3.17. The van der Waals surface area contributed by atoms with Crippen molar-refractivity contribution in [2.45, 2.75) is 52.6 Å². The largest absolute Gasteiger partial charge is 0.330 e. The minimum atomic E-state index is -0.296. The molecule has 1 aromatic heterocycles. The highest BCUT2D eigenvalue weighted by molar-refractivity contribution is 5.25. The molecule has 0 spiro atoms. The predicted molar refractivity (Wildman–Crippen MR) is 106 cm³/mol. The van der Waals surface area contributed by atoms with Gasteiger partial charge in [0, 0.05) is 38.4 Å².